The van der Waals surface area contributed by atoms with Crippen molar-refractivity contribution in [3.8, 4) is 67.5 Å². The van der Waals surface area contributed by atoms with Gasteiger partial charge in [0.1, 0.15) is 11.4 Å². The Kier molecular flexibility index (Phi) is 40.3. The van der Waals surface area contributed by atoms with Crippen molar-refractivity contribution in [2.75, 3.05) is 40.2 Å². The number of nitrogens with two attached hydrogens (primary N) is 2. The van der Waals surface area contributed by atoms with E-state index in [0.717, 1.165) is 149 Å². The highest BCUT2D eigenvalue weighted by Crippen LogP contribution is 2.37. The lowest BCUT2D eigenvalue weighted by atomic mass is 10.0. The molecule has 25 heteroatoms. The number of thioether (sulfide) groups is 2. The summed E-state index contributed by atoms with van der Waals surface area (Å²) in [6.45, 7) is 10.6. The molecule has 0 aliphatic heterocycles. The number of nitrogen functional groups attached to an aromatic ring is 2. The Bertz CT molecular complexity index is 6490. The monoisotopic (exact) mass is 1860 g/mol. The number of thiol groups is 1. The van der Waals surface area contributed by atoms with Gasteiger partial charge in [-0.2, -0.15) is 12.6 Å². The van der Waals surface area contributed by atoms with Crippen molar-refractivity contribution in [3.63, 3.8) is 0 Å². The zero-order valence-corrected chi connectivity index (χ0v) is 78.6. The van der Waals surface area contributed by atoms with E-state index in [-0.39, 0.29) is 28.5 Å². The molecule has 670 valence electrons. The van der Waals surface area contributed by atoms with Crippen molar-refractivity contribution < 1.29 is 32.1 Å². The predicted octanol–water partition coefficient (Wildman–Crippen LogP) is 27.6. The Balaban J connectivity index is 0.000000166. The highest BCUT2D eigenvalue weighted by Gasteiger charge is 2.22. The van der Waals surface area contributed by atoms with E-state index in [9.17, 15) is 42.4 Å². The van der Waals surface area contributed by atoms with Gasteiger partial charge in [0.15, 0.2) is 9.84 Å². The summed E-state index contributed by atoms with van der Waals surface area (Å²) >= 11 is 13.1. The number of unbranched alkanes of at least 4 members (excludes halogenated alkanes) is 5. The quantitative estimate of drug-likeness (QED) is 0.00573. The average Bonchev–Trinajstić information content (AvgIpc) is 0.790. The number of aromatic nitrogens is 6. The van der Waals surface area contributed by atoms with Crippen molar-refractivity contribution >= 4 is 136 Å². The fraction of sp³-hybridized carbons (Fsp3) is 0.189. The van der Waals surface area contributed by atoms with Gasteiger partial charge in [0.05, 0.1) is 98.6 Å². The first-order valence-corrected chi connectivity index (χ1v) is 49.3. The first-order valence-electron chi connectivity index (χ1n) is 43.3. The summed E-state index contributed by atoms with van der Waals surface area (Å²) in [4.78, 5) is 76.3. The van der Waals surface area contributed by atoms with Crippen LogP contribution in [-0.2, 0) is 20.6 Å². The van der Waals surface area contributed by atoms with Crippen LogP contribution >= 0.6 is 47.8 Å². The molecule has 0 saturated carbocycles. The summed E-state index contributed by atoms with van der Waals surface area (Å²) in [7, 11) is -4.32. The molecule has 0 aliphatic carbocycles. The number of nitro benzene ring substituents is 2. The Hall–Kier alpha value is -12.9. The number of nitrogens with zero attached hydrogens (tertiary/aromatic N) is 8. The van der Waals surface area contributed by atoms with E-state index in [1.807, 2.05) is 195 Å². The normalized spacial score (nSPS) is 10.9. The fourth-order valence-electron chi connectivity index (χ4n) is 12.9. The molecule has 131 heavy (non-hydrogen) atoms. The minimum atomic E-state index is -3.32. The number of anilines is 2. The zero-order chi connectivity index (χ0) is 93.3. The smallest absolute Gasteiger partial charge is 0.292 e. The van der Waals surface area contributed by atoms with E-state index in [2.05, 4.69) is 94.9 Å². The summed E-state index contributed by atoms with van der Waals surface area (Å²) in [5, 5.41) is 21.1. The fourth-order valence-corrected chi connectivity index (χ4v) is 18.2. The van der Waals surface area contributed by atoms with Gasteiger partial charge in [-0.1, -0.05) is 321 Å². The number of hydrogen-bond donors (Lipinski definition) is 3. The Morgan fingerprint density at radius 2 is 0.687 bits per heavy atom. The predicted molar refractivity (Wildman–Crippen MR) is 546 cm³/mol. The van der Waals surface area contributed by atoms with Crippen molar-refractivity contribution in [3.05, 3.63) is 370 Å². The number of sulfone groups is 1. The van der Waals surface area contributed by atoms with Crippen LogP contribution in [-0.4, -0.2) is 92.7 Å². The molecular formula is C106H105ClN10O9S5. The molecule has 1 unspecified atom stereocenters. The van der Waals surface area contributed by atoms with E-state index >= 15 is 0 Å². The van der Waals surface area contributed by atoms with Crippen LogP contribution in [0.3, 0.4) is 0 Å². The molecule has 0 aliphatic rings. The summed E-state index contributed by atoms with van der Waals surface area (Å²) in [5.41, 5.74) is 27.9. The number of ketones is 2. The molecule has 13 aromatic carbocycles. The van der Waals surface area contributed by atoms with Crippen LogP contribution in [0.1, 0.15) is 120 Å². The van der Waals surface area contributed by atoms with Gasteiger partial charge in [-0.05, 0) is 128 Å². The number of rotatable bonds is 29. The molecule has 0 radical (unpaired) electrons. The minimum absolute atomic E-state index is 0.0187. The molecule has 19 nitrogen and oxygen atoms in total. The number of halogens is 1. The summed E-state index contributed by atoms with van der Waals surface area (Å²) in [6.07, 6.45) is 10.7. The molecule has 16 aromatic rings. The Morgan fingerprint density at radius 3 is 1.03 bits per heavy atom. The first-order chi connectivity index (χ1) is 63.6. The lowest BCUT2D eigenvalue weighted by Crippen LogP contribution is -2.14. The minimum Gasteiger partial charge on any atom is -0.393 e. The molecule has 0 amide bonds. The van der Waals surface area contributed by atoms with E-state index in [1.54, 1.807) is 90.6 Å². The number of Topliss-reactive ketones (excluding diaryl/α,β-unsaturated/α-hetero) is 2. The van der Waals surface area contributed by atoms with Gasteiger partial charge in [0, 0.05) is 82.1 Å². The standard InChI is InChI=1S/C24H22N2O2S.C24H22N2OS.C24H22N2S.C14H10O2.C10H14N2O2S.C6H5ClN2O2.C4H10S/c1-2-3-16-29(27,28)20-14-15-21-22(17-20)26-24(19-12-8-5-9-13-19)23(25-21)18-10-6-4-7-11-18;1-2-3-16-28(27)20-14-15-21-22(17-20)26-24(19-12-8-5-9-13-19)23(25-21)18-10-6-4-7-11-18;1-2-3-16-27-20-14-15-21-22(17-20)26-24(19-12-8-5-9-13-19)23(25-21)18-10-6-4-7-11-18;15-13(11-7-3-1-4-8-11)14(16)12-9-5-2-6-10-12;1-2-3-6-15-8-4-5-10(12(13)14)9(11)7-8;7-4-1-2-6(9(10)11)5(8)3-4;1-2-3-4-5/h4-15,17H,2-3,16H2,1H3;4-15,17H,2-3,16H2,1H3;4-15,17H,2-3,16H2,1H3;1-10H;4-5,7H,2-3,6,11H2,1H3;1-3H,8H2;5H,2-4H2,1H3. The maximum absolute atomic E-state index is 12.6. The lowest BCUT2D eigenvalue weighted by molar-refractivity contribution is -0.384. The number of fused-ring (bicyclic) bond motifs is 3. The average molecular weight is 1860 g/mol. The maximum Gasteiger partial charge on any atom is 0.292 e. The lowest BCUT2D eigenvalue weighted by Gasteiger charge is -2.11. The molecule has 3 aromatic heterocycles. The molecular weight excluding hydrogens is 1750 g/mol. The van der Waals surface area contributed by atoms with E-state index < -0.39 is 42.0 Å². The number of carbonyl (C=O) groups excluding carboxylic acids is 2. The SMILES string of the molecule is CCCCS.CCCCS(=O)(=O)c1ccc2nc(-c3ccccc3)c(-c3ccccc3)nc2c1.CCCCS(=O)c1ccc2nc(-c3ccccc3)c(-c3ccccc3)nc2c1.CCCCSc1ccc([N+](=O)[O-])c(N)c1.CCCCSc1ccc2nc(-c3ccccc3)c(-c3ccccc3)nc2c1.Nc1cc(Cl)ccc1[N+](=O)[O-].O=C(C(=O)c1ccccc1)c1ccccc1. The number of benzene rings is 13. The number of carbonyl (C=O) groups is 2. The Morgan fingerprint density at radius 1 is 0.374 bits per heavy atom. The van der Waals surface area contributed by atoms with Gasteiger partial charge in [-0.15, -0.1) is 23.5 Å². The van der Waals surface area contributed by atoms with Crippen LogP contribution in [0.4, 0.5) is 22.7 Å². The topological polar surface area (TPSA) is 301 Å². The van der Waals surface area contributed by atoms with Crippen LogP contribution in [0, 0.1) is 20.2 Å². The van der Waals surface area contributed by atoms with Crippen molar-refractivity contribution in [1.29, 1.82) is 0 Å². The molecule has 16 rings (SSSR count). The molecule has 4 N–H and O–H groups in total. The van der Waals surface area contributed by atoms with Crippen molar-refractivity contribution in [2.45, 2.75) is 118 Å². The molecule has 1 atom stereocenters. The van der Waals surface area contributed by atoms with Crippen molar-refractivity contribution in [2.24, 2.45) is 0 Å². The van der Waals surface area contributed by atoms with Crippen LogP contribution in [0.5, 0.6) is 0 Å². The van der Waals surface area contributed by atoms with Crippen molar-refractivity contribution in [1.82, 2.24) is 29.9 Å². The maximum atomic E-state index is 12.6. The molecule has 0 bridgehead atoms. The van der Waals surface area contributed by atoms with Gasteiger partial charge in [0.25, 0.3) is 11.4 Å². The molecule has 0 spiro atoms. The summed E-state index contributed by atoms with van der Waals surface area (Å²) in [6, 6.07) is 104. The van der Waals surface area contributed by atoms with Gasteiger partial charge in [-0.25, -0.2) is 38.3 Å². The number of nitro groups is 2. The summed E-state index contributed by atoms with van der Waals surface area (Å²) in [5.74, 6) is 3.10. The molecule has 0 fully saturated rings. The van der Waals surface area contributed by atoms with Crippen LogP contribution in [0.25, 0.3) is 101 Å². The van der Waals surface area contributed by atoms with Crippen LogP contribution in [0.2, 0.25) is 5.02 Å². The second-order valence-corrected chi connectivity index (χ2v) is 36.7. The van der Waals surface area contributed by atoms with E-state index in [4.69, 9.17) is 53.0 Å². The van der Waals surface area contributed by atoms with E-state index in [0.29, 0.717) is 44.3 Å². The second kappa shape index (κ2) is 52.6. The van der Waals surface area contributed by atoms with Gasteiger partial charge in [0.2, 0.25) is 11.6 Å². The third-order valence-electron chi connectivity index (χ3n) is 20.0. The van der Waals surface area contributed by atoms with Gasteiger partial charge in [-0.3, -0.25) is 34.0 Å². The third kappa shape index (κ3) is 30.1. The van der Waals surface area contributed by atoms with Gasteiger partial charge >= 0.3 is 0 Å². The summed E-state index contributed by atoms with van der Waals surface area (Å²) < 4.78 is 37.8. The highest BCUT2D eigenvalue weighted by molar-refractivity contribution is 7.99. The second-order valence-electron chi connectivity index (χ2n) is 29.8. The largest absolute Gasteiger partial charge is 0.393 e. The zero-order valence-electron chi connectivity index (χ0n) is 73.7. The van der Waals surface area contributed by atoms with Crippen LogP contribution < -0.4 is 11.5 Å². The first kappa shape index (κ1) is 100. The Labute approximate surface area is 788 Å². The van der Waals surface area contributed by atoms with Gasteiger partial charge < -0.3 is 11.5 Å². The van der Waals surface area contributed by atoms with Crippen LogP contribution in [0.15, 0.2) is 353 Å². The third-order valence-corrected chi connectivity index (χ3v) is 25.9. The highest BCUT2D eigenvalue weighted by atomic mass is 35.5. The molecule has 0 saturated heterocycles. The van der Waals surface area contributed by atoms with E-state index in [1.165, 1.54) is 54.8 Å². The molecule has 3 heterocycles. The number of hydrogen-bond acceptors (Lipinski definition) is 20.